The fourth-order valence-electron chi connectivity index (χ4n) is 3.29. The van der Waals surface area contributed by atoms with Gasteiger partial charge >= 0.3 is 0 Å². The first-order chi connectivity index (χ1) is 8.29. The molecule has 0 amide bonds. The van der Waals surface area contributed by atoms with Crippen LogP contribution in [0.5, 0.6) is 0 Å². The van der Waals surface area contributed by atoms with Gasteiger partial charge in [0, 0.05) is 25.2 Å². The third-order valence-electron chi connectivity index (χ3n) is 4.34. The molecule has 1 unspecified atom stereocenters. The zero-order valence-electron chi connectivity index (χ0n) is 10.9. The second-order valence-corrected chi connectivity index (χ2v) is 5.40. The zero-order valence-corrected chi connectivity index (χ0v) is 10.9. The lowest BCUT2D eigenvalue weighted by Gasteiger charge is -2.41. The second-order valence-electron chi connectivity index (χ2n) is 5.40. The first-order valence-electron chi connectivity index (χ1n) is 6.85. The van der Waals surface area contributed by atoms with E-state index in [-0.39, 0.29) is 0 Å². The van der Waals surface area contributed by atoms with E-state index in [9.17, 15) is 0 Å². The maximum Gasteiger partial charge on any atom is 0.0358 e. The van der Waals surface area contributed by atoms with Crippen molar-refractivity contribution in [1.82, 2.24) is 10.2 Å². The number of hydrogen-bond donors (Lipinski definition) is 1. The number of aryl methyl sites for hydroxylation is 2. The van der Waals surface area contributed by atoms with Gasteiger partial charge in [-0.25, -0.2) is 0 Å². The minimum Gasteiger partial charge on any atom is -0.314 e. The maximum absolute atomic E-state index is 3.39. The zero-order chi connectivity index (χ0) is 11.8. The van der Waals surface area contributed by atoms with Crippen molar-refractivity contribution in [2.75, 3.05) is 19.6 Å². The van der Waals surface area contributed by atoms with Gasteiger partial charge in [0.1, 0.15) is 0 Å². The Bertz CT molecular complexity index is 409. The van der Waals surface area contributed by atoms with E-state index < -0.39 is 0 Å². The topological polar surface area (TPSA) is 15.3 Å². The van der Waals surface area contributed by atoms with Crippen LogP contribution in [0.25, 0.3) is 0 Å². The summed E-state index contributed by atoms with van der Waals surface area (Å²) in [5, 5.41) is 3.39. The molecule has 0 aromatic heterocycles. The van der Waals surface area contributed by atoms with Crippen LogP contribution < -0.4 is 5.32 Å². The SMILES string of the molecule is CCN(C1CNC1)C1CCc2ccc(C)cc21. The summed E-state index contributed by atoms with van der Waals surface area (Å²) in [5.74, 6) is 0. The highest BCUT2D eigenvalue weighted by Gasteiger charge is 2.33. The van der Waals surface area contributed by atoms with E-state index in [0.717, 1.165) is 6.04 Å². The predicted octanol–water partition coefficient (Wildman–Crippen LogP) is 2.28. The minimum atomic E-state index is 0.669. The van der Waals surface area contributed by atoms with E-state index in [1.807, 2.05) is 0 Å². The van der Waals surface area contributed by atoms with Crippen molar-refractivity contribution in [1.29, 1.82) is 0 Å². The summed E-state index contributed by atoms with van der Waals surface area (Å²) in [6.07, 6.45) is 2.57. The molecule has 17 heavy (non-hydrogen) atoms. The van der Waals surface area contributed by atoms with Crippen molar-refractivity contribution in [3.8, 4) is 0 Å². The molecule has 1 atom stereocenters. The van der Waals surface area contributed by atoms with Gasteiger partial charge in [-0.05, 0) is 37.4 Å². The molecule has 0 saturated carbocycles. The maximum atomic E-state index is 3.39. The fraction of sp³-hybridized carbons (Fsp3) is 0.600. The minimum absolute atomic E-state index is 0.669. The van der Waals surface area contributed by atoms with E-state index in [1.165, 1.54) is 38.0 Å². The smallest absolute Gasteiger partial charge is 0.0358 e. The number of nitrogens with zero attached hydrogens (tertiary/aromatic N) is 1. The average Bonchev–Trinajstić information content (AvgIpc) is 2.66. The molecule has 1 heterocycles. The monoisotopic (exact) mass is 230 g/mol. The van der Waals surface area contributed by atoms with Crippen LogP contribution in [0.15, 0.2) is 18.2 Å². The second kappa shape index (κ2) is 4.43. The number of rotatable bonds is 3. The molecule has 2 heteroatoms. The molecule has 1 saturated heterocycles. The van der Waals surface area contributed by atoms with E-state index >= 15 is 0 Å². The molecule has 1 N–H and O–H groups in total. The van der Waals surface area contributed by atoms with Gasteiger partial charge in [0.2, 0.25) is 0 Å². The van der Waals surface area contributed by atoms with Crippen LogP contribution in [0.2, 0.25) is 0 Å². The van der Waals surface area contributed by atoms with Crippen molar-refractivity contribution in [3.05, 3.63) is 34.9 Å². The Balaban J connectivity index is 1.88. The quantitative estimate of drug-likeness (QED) is 0.857. The molecule has 2 aliphatic rings. The lowest BCUT2D eigenvalue weighted by Crippen LogP contribution is -2.57. The molecular weight excluding hydrogens is 208 g/mol. The normalized spacial score (nSPS) is 23.8. The van der Waals surface area contributed by atoms with E-state index in [4.69, 9.17) is 0 Å². The van der Waals surface area contributed by atoms with Gasteiger partial charge in [-0.1, -0.05) is 30.7 Å². The summed E-state index contributed by atoms with van der Waals surface area (Å²) in [6.45, 7) is 8.02. The molecule has 92 valence electrons. The summed E-state index contributed by atoms with van der Waals surface area (Å²) in [4.78, 5) is 2.70. The largest absolute Gasteiger partial charge is 0.314 e. The molecule has 1 fully saturated rings. The molecule has 1 aromatic carbocycles. The molecule has 1 aliphatic carbocycles. The highest BCUT2D eigenvalue weighted by Crippen LogP contribution is 2.37. The van der Waals surface area contributed by atoms with Gasteiger partial charge < -0.3 is 5.32 Å². The number of likely N-dealkylation sites (N-methyl/N-ethyl adjacent to an activating group) is 1. The van der Waals surface area contributed by atoms with E-state index in [0.29, 0.717) is 6.04 Å². The molecule has 3 rings (SSSR count). The number of benzene rings is 1. The van der Waals surface area contributed by atoms with Gasteiger partial charge in [0.05, 0.1) is 0 Å². The molecule has 2 nitrogen and oxygen atoms in total. The Morgan fingerprint density at radius 3 is 2.82 bits per heavy atom. The lowest BCUT2D eigenvalue weighted by atomic mass is 10.0. The fourth-order valence-corrected chi connectivity index (χ4v) is 3.29. The third-order valence-corrected chi connectivity index (χ3v) is 4.34. The Kier molecular flexibility index (Phi) is 2.93. The average molecular weight is 230 g/mol. The van der Waals surface area contributed by atoms with Crippen molar-refractivity contribution < 1.29 is 0 Å². The van der Waals surface area contributed by atoms with Crippen molar-refractivity contribution in [2.24, 2.45) is 0 Å². The Hall–Kier alpha value is -0.860. The first kappa shape index (κ1) is 11.2. The molecule has 0 bridgehead atoms. The summed E-state index contributed by atoms with van der Waals surface area (Å²) in [7, 11) is 0. The summed E-state index contributed by atoms with van der Waals surface area (Å²) >= 11 is 0. The van der Waals surface area contributed by atoms with Crippen molar-refractivity contribution in [2.45, 2.75) is 38.8 Å². The predicted molar refractivity (Wildman–Crippen MR) is 71.3 cm³/mol. The Labute approximate surface area is 104 Å². The van der Waals surface area contributed by atoms with Crippen LogP contribution in [-0.4, -0.2) is 30.6 Å². The van der Waals surface area contributed by atoms with Crippen LogP contribution in [-0.2, 0) is 6.42 Å². The first-order valence-corrected chi connectivity index (χ1v) is 6.85. The number of nitrogens with one attached hydrogen (secondary N) is 1. The lowest BCUT2D eigenvalue weighted by molar-refractivity contribution is 0.101. The highest BCUT2D eigenvalue weighted by molar-refractivity contribution is 5.37. The summed E-state index contributed by atoms with van der Waals surface area (Å²) in [6, 6.07) is 8.42. The summed E-state index contributed by atoms with van der Waals surface area (Å²) < 4.78 is 0. The van der Waals surface area contributed by atoms with Crippen LogP contribution in [0.1, 0.15) is 36.1 Å². The third kappa shape index (κ3) is 1.90. The highest BCUT2D eigenvalue weighted by atomic mass is 15.3. The van der Waals surface area contributed by atoms with Crippen molar-refractivity contribution >= 4 is 0 Å². The Morgan fingerprint density at radius 1 is 1.35 bits per heavy atom. The molecule has 1 aromatic rings. The van der Waals surface area contributed by atoms with Crippen LogP contribution in [0, 0.1) is 6.92 Å². The van der Waals surface area contributed by atoms with Crippen LogP contribution in [0.4, 0.5) is 0 Å². The van der Waals surface area contributed by atoms with E-state index in [1.54, 1.807) is 11.1 Å². The van der Waals surface area contributed by atoms with Crippen LogP contribution >= 0.6 is 0 Å². The summed E-state index contributed by atoms with van der Waals surface area (Å²) in [5.41, 5.74) is 4.57. The van der Waals surface area contributed by atoms with Gasteiger partial charge in [0.25, 0.3) is 0 Å². The standard InChI is InChI=1S/C15H22N2/c1-3-17(13-9-16-10-13)15-7-6-12-5-4-11(2)8-14(12)15/h4-5,8,13,15-16H,3,6-7,9-10H2,1-2H3. The molecular formula is C15H22N2. The molecule has 0 spiro atoms. The Morgan fingerprint density at radius 2 is 2.18 bits per heavy atom. The van der Waals surface area contributed by atoms with Gasteiger partial charge in [-0.15, -0.1) is 0 Å². The van der Waals surface area contributed by atoms with Crippen molar-refractivity contribution in [3.63, 3.8) is 0 Å². The van der Waals surface area contributed by atoms with Gasteiger partial charge in [0.15, 0.2) is 0 Å². The van der Waals surface area contributed by atoms with Gasteiger partial charge in [-0.3, -0.25) is 4.90 Å². The molecule has 1 aliphatic heterocycles. The van der Waals surface area contributed by atoms with E-state index in [2.05, 4.69) is 42.3 Å². The number of fused-ring (bicyclic) bond motifs is 1. The van der Waals surface area contributed by atoms with Crippen LogP contribution in [0.3, 0.4) is 0 Å². The number of hydrogen-bond acceptors (Lipinski definition) is 2. The molecule has 0 radical (unpaired) electrons. The van der Waals surface area contributed by atoms with Gasteiger partial charge in [-0.2, -0.15) is 0 Å².